The quantitative estimate of drug-likeness (QED) is 0.487. The second kappa shape index (κ2) is 13.9. The fraction of sp³-hybridized carbons (Fsp3) is 0.938. The van der Waals surface area contributed by atoms with Gasteiger partial charge in [-0.05, 0) is 0 Å². The van der Waals surface area contributed by atoms with E-state index in [2.05, 4.69) is 19.2 Å². The van der Waals surface area contributed by atoms with Gasteiger partial charge in [0, 0.05) is 32.1 Å². The zero-order valence-corrected chi connectivity index (χ0v) is 14.9. The van der Waals surface area contributed by atoms with Crippen molar-refractivity contribution in [3.05, 3.63) is 0 Å². The van der Waals surface area contributed by atoms with Gasteiger partial charge in [0.2, 0.25) is 5.91 Å². The van der Waals surface area contributed by atoms with Crippen molar-refractivity contribution in [2.75, 3.05) is 59.8 Å². The molecular weight excluding hydrogens is 284 g/mol. The van der Waals surface area contributed by atoms with Crippen molar-refractivity contribution in [2.45, 2.75) is 33.7 Å². The van der Waals surface area contributed by atoms with Gasteiger partial charge in [-0.15, -0.1) is 0 Å². The molecule has 1 N–H and O–H groups in total. The standard InChI is InChI=1S/C16H34N2O4/c1-14(2)16(19)18(5)7-9-21-11-13-22-12-10-20-8-6-17-15(3)4/h14-15,17H,6-13H2,1-5H3. The Bertz CT molecular complexity index is 273. The van der Waals surface area contributed by atoms with Gasteiger partial charge in [0.25, 0.3) is 0 Å². The molecule has 0 fully saturated rings. The van der Waals surface area contributed by atoms with Crippen LogP contribution >= 0.6 is 0 Å². The van der Waals surface area contributed by atoms with Crippen molar-refractivity contribution in [1.82, 2.24) is 10.2 Å². The number of carbonyl (C=O) groups excluding carboxylic acids is 1. The fourth-order valence-corrected chi connectivity index (χ4v) is 1.71. The van der Waals surface area contributed by atoms with Crippen LogP contribution in [0.25, 0.3) is 0 Å². The molecule has 6 nitrogen and oxygen atoms in total. The molecule has 0 rings (SSSR count). The van der Waals surface area contributed by atoms with Gasteiger partial charge in [-0.3, -0.25) is 4.79 Å². The van der Waals surface area contributed by atoms with Crippen molar-refractivity contribution in [1.29, 1.82) is 0 Å². The number of ether oxygens (including phenoxy) is 3. The van der Waals surface area contributed by atoms with E-state index in [1.807, 2.05) is 13.8 Å². The Morgan fingerprint density at radius 1 is 0.909 bits per heavy atom. The van der Waals surface area contributed by atoms with Crippen LogP contribution in [0, 0.1) is 5.92 Å². The summed E-state index contributed by atoms with van der Waals surface area (Å²) in [6.07, 6.45) is 0. The molecular formula is C16H34N2O4. The highest BCUT2D eigenvalue weighted by Gasteiger charge is 2.11. The maximum absolute atomic E-state index is 11.6. The number of nitrogens with one attached hydrogen (secondary N) is 1. The van der Waals surface area contributed by atoms with Gasteiger partial charge in [0.05, 0.1) is 39.6 Å². The molecule has 1 amide bonds. The van der Waals surface area contributed by atoms with Gasteiger partial charge in [0.15, 0.2) is 0 Å². The lowest BCUT2D eigenvalue weighted by molar-refractivity contribution is -0.133. The monoisotopic (exact) mass is 318 g/mol. The van der Waals surface area contributed by atoms with Crippen LogP contribution in [0.4, 0.5) is 0 Å². The van der Waals surface area contributed by atoms with Crippen LogP contribution < -0.4 is 5.32 Å². The fourth-order valence-electron chi connectivity index (χ4n) is 1.71. The van der Waals surface area contributed by atoms with Crippen molar-refractivity contribution in [2.24, 2.45) is 5.92 Å². The van der Waals surface area contributed by atoms with Gasteiger partial charge < -0.3 is 24.4 Å². The van der Waals surface area contributed by atoms with Crippen molar-refractivity contribution < 1.29 is 19.0 Å². The molecule has 0 aliphatic heterocycles. The molecule has 0 aromatic carbocycles. The van der Waals surface area contributed by atoms with Crippen LogP contribution in [0.2, 0.25) is 0 Å². The summed E-state index contributed by atoms with van der Waals surface area (Å²) in [5, 5.41) is 3.28. The lowest BCUT2D eigenvalue weighted by atomic mass is 10.2. The van der Waals surface area contributed by atoms with Crippen LogP contribution in [0.1, 0.15) is 27.7 Å². The Balaban J connectivity index is 3.22. The Kier molecular flexibility index (Phi) is 13.5. The maximum Gasteiger partial charge on any atom is 0.224 e. The number of likely N-dealkylation sites (N-methyl/N-ethyl adjacent to an activating group) is 1. The van der Waals surface area contributed by atoms with E-state index in [9.17, 15) is 4.79 Å². The summed E-state index contributed by atoms with van der Waals surface area (Å²) in [6, 6.07) is 0.492. The van der Waals surface area contributed by atoms with E-state index in [0.29, 0.717) is 52.2 Å². The average Bonchev–Trinajstić information content (AvgIpc) is 2.46. The molecule has 0 aromatic heterocycles. The molecule has 6 heteroatoms. The van der Waals surface area contributed by atoms with Crippen LogP contribution in [-0.4, -0.2) is 76.6 Å². The summed E-state index contributed by atoms with van der Waals surface area (Å²) in [5.41, 5.74) is 0. The van der Waals surface area contributed by atoms with Gasteiger partial charge in [-0.25, -0.2) is 0 Å². The number of amides is 1. The summed E-state index contributed by atoms with van der Waals surface area (Å²) in [7, 11) is 1.80. The molecule has 0 aliphatic rings. The van der Waals surface area contributed by atoms with Crippen molar-refractivity contribution in [3.63, 3.8) is 0 Å². The normalized spacial score (nSPS) is 11.4. The minimum absolute atomic E-state index is 0.0315. The molecule has 22 heavy (non-hydrogen) atoms. The van der Waals surface area contributed by atoms with E-state index in [4.69, 9.17) is 14.2 Å². The predicted molar refractivity (Wildman–Crippen MR) is 88.1 cm³/mol. The first-order chi connectivity index (χ1) is 10.4. The largest absolute Gasteiger partial charge is 0.378 e. The van der Waals surface area contributed by atoms with E-state index < -0.39 is 0 Å². The number of carbonyl (C=O) groups is 1. The van der Waals surface area contributed by atoms with Gasteiger partial charge in [-0.2, -0.15) is 0 Å². The van der Waals surface area contributed by atoms with Crippen LogP contribution in [-0.2, 0) is 19.0 Å². The van der Waals surface area contributed by atoms with E-state index in [1.54, 1.807) is 11.9 Å². The molecule has 0 atom stereocenters. The Hall–Kier alpha value is -0.690. The number of rotatable bonds is 14. The third-order valence-electron chi connectivity index (χ3n) is 2.98. The van der Waals surface area contributed by atoms with Gasteiger partial charge >= 0.3 is 0 Å². The highest BCUT2D eigenvalue weighted by molar-refractivity contribution is 5.77. The van der Waals surface area contributed by atoms with Gasteiger partial charge in [-0.1, -0.05) is 27.7 Å². The molecule has 0 unspecified atom stereocenters. The molecule has 132 valence electrons. The first-order valence-corrected chi connectivity index (χ1v) is 8.16. The van der Waals surface area contributed by atoms with Crippen LogP contribution in [0.15, 0.2) is 0 Å². The molecule has 0 aliphatic carbocycles. The zero-order valence-electron chi connectivity index (χ0n) is 14.9. The Morgan fingerprint density at radius 3 is 1.91 bits per heavy atom. The average molecular weight is 318 g/mol. The minimum atomic E-state index is 0.0315. The lowest BCUT2D eigenvalue weighted by Crippen LogP contribution is -2.33. The van der Waals surface area contributed by atoms with Crippen molar-refractivity contribution >= 4 is 5.91 Å². The molecule has 0 heterocycles. The highest BCUT2D eigenvalue weighted by Crippen LogP contribution is 1.98. The molecule has 0 saturated carbocycles. The first-order valence-electron chi connectivity index (χ1n) is 8.16. The van der Waals surface area contributed by atoms with Crippen LogP contribution in [0.5, 0.6) is 0 Å². The van der Waals surface area contributed by atoms with Crippen molar-refractivity contribution in [3.8, 4) is 0 Å². The summed E-state index contributed by atoms with van der Waals surface area (Å²) < 4.78 is 16.3. The second-order valence-corrected chi connectivity index (χ2v) is 5.86. The SMILES string of the molecule is CC(C)NCCOCCOCCOCCN(C)C(=O)C(C)C. The second-order valence-electron chi connectivity index (χ2n) is 5.86. The summed E-state index contributed by atoms with van der Waals surface area (Å²) >= 11 is 0. The van der Waals surface area contributed by atoms with Crippen LogP contribution in [0.3, 0.4) is 0 Å². The minimum Gasteiger partial charge on any atom is -0.378 e. The lowest BCUT2D eigenvalue weighted by Gasteiger charge is -2.19. The first kappa shape index (κ1) is 21.3. The smallest absolute Gasteiger partial charge is 0.224 e. The molecule has 0 aromatic rings. The van der Waals surface area contributed by atoms with E-state index in [1.165, 1.54) is 0 Å². The maximum atomic E-state index is 11.6. The van der Waals surface area contributed by atoms with E-state index >= 15 is 0 Å². The molecule has 0 radical (unpaired) electrons. The molecule has 0 bridgehead atoms. The van der Waals surface area contributed by atoms with Gasteiger partial charge in [0.1, 0.15) is 0 Å². The number of nitrogens with zero attached hydrogens (tertiary/aromatic N) is 1. The summed E-state index contributed by atoms with van der Waals surface area (Å²) in [6.45, 7) is 13.0. The number of hydrogen-bond donors (Lipinski definition) is 1. The third-order valence-corrected chi connectivity index (χ3v) is 2.98. The summed E-state index contributed by atoms with van der Waals surface area (Å²) in [4.78, 5) is 13.3. The highest BCUT2D eigenvalue weighted by atomic mass is 16.5. The zero-order chi connectivity index (χ0) is 16.8. The Labute approximate surface area is 135 Å². The molecule has 0 saturated heterocycles. The van der Waals surface area contributed by atoms with E-state index in [0.717, 1.165) is 6.54 Å². The van der Waals surface area contributed by atoms with E-state index in [-0.39, 0.29) is 11.8 Å². The predicted octanol–water partition coefficient (Wildman–Crippen LogP) is 1.15. The topological polar surface area (TPSA) is 60.0 Å². The third kappa shape index (κ3) is 13.0. The number of hydrogen-bond acceptors (Lipinski definition) is 5. The Morgan fingerprint density at radius 2 is 1.41 bits per heavy atom. The summed E-state index contributed by atoms with van der Waals surface area (Å²) in [5.74, 6) is 0.174. The molecule has 0 spiro atoms.